The van der Waals surface area contributed by atoms with Crippen molar-refractivity contribution in [3.05, 3.63) is 5.89 Å². The number of aryl methyl sites for hydroxylation is 1. The number of nitrogens with one attached hydrogen (secondary N) is 1. The summed E-state index contributed by atoms with van der Waals surface area (Å²) in [6, 6.07) is 0.443. The fourth-order valence-corrected chi connectivity index (χ4v) is 1.27. The summed E-state index contributed by atoms with van der Waals surface area (Å²) in [5, 5.41) is 10.7. The molecule has 0 bridgehead atoms. The molecule has 1 aromatic rings. The minimum absolute atomic E-state index is 0.401. The maximum Gasteiger partial charge on any atom is 0.315 e. The number of halogens is 1. The lowest BCUT2D eigenvalue weighted by Gasteiger charge is -2.08. The van der Waals surface area contributed by atoms with Crippen LogP contribution in [0.5, 0.6) is 0 Å². The monoisotopic (exact) mass is 233 g/mol. The first-order valence-corrected chi connectivity index (χ1v) is 5.41. The van der Waals surface area contributed by atoms with E-state index in [4.69, 9.17) is 20.8 Å². The molecular weight excluding hydrogens is 218 g/mol. The Bertz CT molecular complexity index is 280. The molecule has 0 spiro atoms. The van der Waals surface area contributed by atoms with Crippen molar-refractivity contribution in [1.82, 2.24) is 10.2 Å². The van der Waals surface area contributed by atoms with Gasteiger partial charge in [0.2, 0.25) is 5.89 Å². The lowest BCUT2D eigenvalue weighted by Crippen LogP contribution is -2.15. The third kappa shape index (κ3) is 4.48. The van der Waals surface area contributed by atoms with E-state index in [1.54, 1.807) is 7.11 Å². The van der Waals surface area contributed by atoms with Crippen molar-refractivity contribution in [1.29, 1.82) is 0 Å². The average molecular weight is 234 g/mol. The SMILES string of the molecule is COCC(C)CNc1nnc(CCCl)o1. The van der Waals surface area contributed by atoms with Gasteiger partial charge in [-0.2, -0.15) is 0 Å². The highest BCUT2D eigenvalue weighted by Gasteiger charge is 2.06. The van der Waals surface area contributed by atoms with E-state index in [-0.39, 0.29) is 0 Å². The Morgan fingerprint density at radius 2 is 2.33 bits per heavy atom. The van der Waals surface area contributed by atoms with Crippen LogP contribution in [0.1, 0.15) is 12.8 Å². The minimum atomic E-state index is 0.401. The topological polar surface area (TPSA) is 60.2 Å². The van der Waals surface area contributed by atoms with Crippen molar-refractivity contribution in [3.63, 3.8) is 0 Å². The largest absolute Gasteiger partial charge is 0.408 e. The van der Waals surface area contributed by atoms with Crippen molar-refractivity contribution < 1.29 is 9.15 Å². The summed E-state index contributed by atoms with van der Waals surface area (Å²) >= 11 is 5.55. The van der Waals surface area contributed by atoms with Gasteiger partial charge in [-0.1, -0.05) is 12.0 Å². The fourth-order valence-electron chi connectivity index (χ4n) is 1.11. The predicted molar refractivity (Wildman–Crippen MR) is 58.3 cm³/mol. The second-order valence-electron chi connectivity index (χ2n) is 3.38. The molecule has 6 heteroatoms. The maximum atomic E-state index is 5.55. The van der Waals surface area contributed by atoms with Crippen molar-refractivity contribution in [2.75, 3.05) is 31.5 Å². The highest BCUT2D eigenvalue weighted by atomic mass is 35.5. The number of ether oxygens (including phenoxy) is 1. The number of rotatable bonds is 7. The van der Waals surface area contributed by atoms with Gasteiger partial charge in [-0.05, 0) is 5.92 Å². The lowest BCUT2D eigenvalue weighted by molar-refractivity contribution is 0.164. The van der Waals surface area contributed by atoms with Crippen LogP contribution in [0.25, 0.3) is 0 Å². The fraction of sp³-hybridized carbons (Fsp3) is 0.778. The van der Waals surface area contributed by atoms with Gasteiger partial charge in [0.15, 0.2) is 0 Å². The molecule has 0 saturated carbocycles. The zero-order valence-corrected chi connectivity index (χ0v) is 9.75. The van der Waals surface area contributed by atoms with E-state index in [1.165, 1.54) is 0 Å². The summed E-state index contributed by atoms with van der Waals surface area (Å²) in [5.74, 6) is 1.45. The standard InChI is InChI=1S/C9H16ClN3O2/c1-7(6-14-2)5-11-9-13-12-8(15-9)3-4-10/h7H,3-6H2,1-2H3,(H,11,13). The molecule has 0 aliphatic carbocycles. The van der Waals surface area contributed by atoms with Crippen LogP contribution in [0, 0.1) is 5.92 Å². The molecule has 0 aromatic carbocycles. The second-order valence-corrected chi connectivity index (χ2v) is 3.76. The Kier molecular flexibility index (Phi) is 5.42. The molecule has 0 aliphatic heterocycles. The summed E-state index contributed by atoms with van der Waals surface area (Å²) in [6.45, 7) is 3.53. The van der Waals surface area contributed by atoms with Crippen molar-refractivity contribution in [3.8, 4) is 0 Å². The summed E-state index contributed by atoms with van der Waals surface area (Å²) in [7, 11) is 1.68. The van der Waals surface area contributed by atoms with E-state index >= 15 is 0 Å². The molecule has 1 rings (SSSR count). The molecule has 15 heavy (non-hydrogen) atoms. The van der Waals surface area contributed by atoms with Gasteiger partial charge in [0, 0.05) is 26.0 Å². The van der Waals surface area contributed by atoms with Gasteiger partial charge >= 0.3 is 6.01 Å². The van der Waals surface area contributed by atoms with Crippen molar-refractivity contribution >= 4 is 17.6 Å². The first-order chi connectivity index (χ1) is 7.26. The van der Waals surface area contributed by atoms with Crippen LogP contribution in [0.15, 0.2) is 4.42 Å². The van der Waals surface area contributed by atoms with Crippen LogP contribution in [-0.2, 0) is 11.2 Å². The molecular formula is C9H16ClN3O2. The third-order valence-corrected chi connectivity index (χ3v) is 2.02. The van der Waals surface area contributed by atoms with E-state index in [2.05, 4.69) is 22.4 Å². The number of nitrogens with zero attached hydrogens (tertiary/aromatic N) is 2. The van der Waals surface area contributed by atoms with Gasteiger partial charge < -0.3 is 14.5 Å². The molecule has 0 amide bonds. The van der Waals surface area contributed by atoms with E-state index in [0.717, 1.165) is 6.54 Å². The number of alkyl halides is 1. The molecule has 1 aromatic heterocycles. The van der Waals surface area contributed by atoms with Gasteiger partial charge in [-0.25, -0.2) is 0 Å². The van der Waals surface area contributed by atoms with Crippen LogP contribution in [0.2, 0.25) is 0 Å². The smallest absolute Gasteiger partial charge is 0.315 e. The zero-order chi connectivity index (χ0) is 11.1. The summed E-state index contributed by atoms with van der Waals surface area (Å²) in [5.41, 5.74) is 0. The third-order valence-electron chi connectivity index (χ3n) is 1.83. The minimum Gasteiger partial charge on any atom is -0.408 e. The Balaban J connectivity index is 2.30. The number of hydrogen-bond acceptors (Lipinski definition) is 5. The zero-order valence-electron chi connectivity index (χ0n) is 8.99. The van der Waals surface area contributed by atoms with Crippen LogP contribution >= 0.6 is 11.6 Å². The van der Waals surface area contributed by atoms with Crippen molar-refractivity contribution in [2.24, 2.45) is 5.92 Å². The van der Waals surface area contributed by atoms with E-state index in [1.807, 2.05) is 0 Å². The Labute approximate surface area is 94.2 Å². The average Bonchev–Trinajstić information content (AvgIpc) is 2.64. The molecule has 0 fully saturated rings. The number of anilines is 1. The highest BCUT2D eigenvalue weighted by molar-refractivity contribution is 6.17. The summed E-state index contributed by atoms with van der Waals surface area (Å²) in [4.78, 5) is 0. The molecule has 0 radical (unpaired) electrons. The van der Waals surface area contributed by atoms with Crippen LogP contribution < -0.4 is 5.32 Å². The normalized spacial score (nSPS) is 12.7. The van der Waals surface area contributed by atoms with Crippen molar-refractivity contribution in [2.45, 2.75) is 13.3 Å². The van der Waals surface area contributed by atoms with E-state index in [9.17, 15) is 0 Å². The second kappa shape index (κ2) is 6.63. The van der Waals surface area contributed by atoms with Gasteiger partial charge in [0.25, 0.3) is 0 Å². The van der Waals surface area contributed by atoms with Crippen LogP contribution in [-0.4, -0.2) is 36.3 Å². The Hall–Kier alpha value is -0.810. The summed E-state index contributed by atoms with van der Waals surface area (Å²) in [6.07, 6.45) is 0.601. The number of aromatic nitrogens is 2. The molecule has 1 heterocycles. The molecule has 1 atom stereocenters. The van der Waals surface area contributed by atoms with Gasteiger partial charge in [-0.3, -0.25) is 0 Å². The quantitative estimate of drug-likeness (QED) is 0.724. The molecule has 1 N–H and O–H groups in total. The summed E-state index contributed by atoms with van der Waals surface area (Å²) < 4.78 is 10.3. The van der Waals surface area contributed by atoms with Crippen LogP contribution in [0.4, 0.5) is 6.01 Å². The Morgan fingerprint density at radius 1 is 1.53 bits per heavy atom. The predicted octanol–water partition coefficient (Wildman–Crippen LogP) is 1.55. The van der Waals surface area contributed by atoms with Crippen LogP contribution in [0.3, 0.4) is 0 Å². The van der Waals surface area contributed by atoms with Gasteiger partial charge in [-0.15, -0.1) is 16.7 Å². The molecule has 0 aliphatic rings. The number of hydrogen-bond donors (Lipinski definition) is 1. The van der Waals surface area contributed by atoms with E-state index in [0.29, 0.717) is 36.7 Å². The molecule has 0 saturated heterocycles. The first kappa shape index (κ1) is 12.3. The molecule has 5 nitrogen and oxygen atoms in total. The Morgan fingerprint density at radius 3 is 3.00 bits per heavy atom. The lowest BCUT2D eigenvalue weighted by atomic mass is 10.2. The van der Waals surface area contributed by atoms with E-state index < -0.39 is 0 Å². The highest BCUT2D eigenvalue weighted by Crippen LogP contribution is 2.07. The maximum absolute atomic E-state index is 5.55. The number of methoxy groups -OCH3 is 1. The molecule has 86 valence electrons. The molecule has 1 unspecified atom stereocenters. The first-order valence-electron chi connectivity index (χ1n) is 4.87. The van der Waals surface area contributed by atoms with Gasteiger partial charge in [0.05, 0.1) is 6.61 Å². The van der Waals surface area contributed by atoms with Gasteiger partial charge in [0.1, 0.15) is 0 Å².